The van der Waals surface area contributed by atoms with E-state index in [9.17, 15) is 9.59 Å². The molecule has 0 rings (SSSR count). The maximum atomic E-state index is 10.4. The number of rotatable bonds is 9. The van der Waals surface area contributed by atoms with Crippen LogP contribution in [0.25, 0.3) is 0 Å². The van der Waals surface area contributed by atoms with Crippen molar-refractivity contribution in [2.24, 2.45) is 0 Å². The Morgan fingerprint density at radius 1 is 1.00 bits per heavy atom. The normalized spacial score (nSPS) is 9.33. The van der Waals surface area contributed by atoms with Gasteiger partial charge in [-0.3, -0.25) is 9.59 Å². The quantitative estimate of drug-likeness (QED) is 0.272. The van der Waals surface area contributed by atoms with Gasteiger partial charge < -0.3 is 4.74 Å². The van der Waals surface area contributed by atoms with Crippen molar-refractivity contribution in [2.45, 2.75) is 68.7 Å². The van der Waals surface area contributed by atoms with Crippen LogP contribution in [-0.4, -0.2) is 39.5 Å². The molecule has 0 spiro atoms. The van der Waals surface area contributed by atoms with Crippen molar-refractivity contribution in [3.8, 4) is 0 Å². The first-order chi connectivity index (χ1) is 8.58. The number of ketones is 1. The molecule has 0 bridgehead atoms. The maximum Gasteiger partial charge on any atom is 0.313 e. The van der Waals surface area contributed by atoms with Gasteiger partial charge in [-0.05, 0) is 13.8 Å². The second-order valence-electron chi connectivity index (χ2n) is 4.14. The summed E-state index contributed by atoms with van der Waals surface area (Å²) in [6.45, 7) is 7.99. The van der Waals surface area contributed by atoms with Gasteiger partial charge in [0.1, 0.15) is 12.2 Å². The summed E-state index contributed by atoms with van der Waals surface area (Å²) in [6.07, 6.45) is 5.74. The Labute approximate surface area is 122 Å². The average Bonchev–Trinajstić information content (AvgIpc) is 2.29. The molecule has 4 heteroatoms. The van der Waals surface area contributed by atoms with E-state index in [0.29, 0.717) is 6.61 Å². The number of Topliss-reactive ketones (excluding diaryl/α,β-unsaturated/α-hetero) is 1. The fourth-order valence-corrected chi connectivity index (χ4v) is 5.30. The first-order valence-electron chi connectivity index (χ1n) is 6.94. The molecule has 0 atom stereocenters. The third-order valence-corrected chi connectivity index (χ3v) is 6.15. The minimum atomic E-state index is -0.440. The van der Waals surface area contributed by atoms with E-state index in [1.54, 1.807) is 15.8 Å². The van der Waals surface area contributed by atoms with Gasteiger partial charge in [-0.1, -0.05) is 0 Å². The van der Waals surface area contributed by atoms with Gasteiger partial charge in [0.15, 0.2) is 0 Å². The van der Waals surface area contributed by atoms with Gasteiger partial charge in [0.05, 0.1) is 6.61 Å². The molecule has 0 aromatic carbocycles. The standard InChI is InChI=1S/C6H10O3.2C4H9.Sn/c1-3-9-6(8)4-5(2)7;2*1-3-4-2;/h3-4H2,1-2H3;2*1,3-4H2,2H3;. The summed E-state index contributed by atoms with van der Waals surface area (Å²) < 4.78 is 7.74. The van der Waals surface area contributed by atoms with E-state index in [4.69, 9.17) is 0 Å². The Kier molecular flexibility index (Phi) is 19.1. The number of carbonyl (C=O) groups excluding carboxylic acids is 2. The van der Waals surface area contributed by atoms with E-state index in [1.807, 2.05) is 0 Å². The topological polar surface area (TPSA) is 43.4 Å². The van der Waals surface area contributed by atoms with Gasteiger partial charge in [0, 0.05) is 0 Å². The third kappa shape index (κ3) is 21.2. The molecule has 2 radical (unpaired) electrons. The Morgan fingerprint density at radius 3 is 1.83 bits per heavy atom. The summed E-state index contributed by atoms with van der Waals surface area (Å²) in [6, 6.07) is 0. The van der Waals surface area contributed by atoms with E-state index in [2.05, 4.69) is 18.6 Å². The molecule has 0 aliphatic heterocycles. The Hall–Kier alpha value is -0.0613. The van der Waals surface area contributed by atoms with E-state index in [0.717, 1.165) is 0 Å². The number of esters is 1. The predicted molar refractivity (Wildman–Crippen MR) is 77.1 cm³/mol. The summed E-state index contributed by atoms with van der Waals surface area (Å²) in [7, 11) is 0. The molecule has 0 unspecified atom stereocenters. The van der Waals surface area contributed by atoms with Crippen molar-refractivity contribution in [1.29, 1.82) is 0 Å². The smallest absolute Gasteiger partial charge is 0.313 e. The molecule has 18 heavy (non-hydrogen) atoms. The van der Waals surface area contributed by atoms with E-state index < -0.39 is 5.97 Å². The fraction of sp³-hybridized carbons (Fsp3) is 0.857. The zero-order valence-electron chi connectivity index (χ0n) is 12.4. The van der Waals surface area contributed by atoms with E-state index in [1.165, 1.54) is 32.6 Å². The Balaban J connectivity index is 0. The van der Waals surface area contributed by atoms with Gasteiger partial charge in [-0.25, -0.2) is 0 Å². The summed E-state index contributed by atoms with van der Waals surface area (Å²) >= 11 is 0.149. The summed E-state index contributed by atoms with van der Waals surface area (Å²) in [4.78, 5) is 20.6. The van der Waals surface area contributed by atoms with Crippen LogP contribution in [0.1, 0.15) is 59.8 Å². The number of unbranched alkanes of at least 4 members (excludes halogenated alkanes) is 2. The zero-order chi connectivity index (χ0) is 14.2. The molecule has 0 heterocycles. The Morgan fingerprint density at radius 2 is 1.50 bits per heavy atom. The van der Waals surface area contributed by atoms with Crippen LogP contribution in [0, 0.1) is 0 Å². The number of hydrogen-bond donors (Lipinski definition) is 0. The molecule has 0 aliphatic carbocycles. The van der Waals surface area contributed by atoms with Crippen molar-refractivity contribution in [2.75, 3.05) is 6.61 Å². The zero-order valence-corrected chi connectivity index (χ0v) is 15.2. The number of hydrogen-bond acceptors (Lipinski definition) is 3. The molecule has 0 saturated heterocycles. The largest absolute Gasteiger partial charge is 0.466 e. The van der Waals surface area contributed by atoms with Crippen LogP contribution in [0.15, 0.2) is 0 Å². The Bertz CT molecular complexity index is 199. The summed E-state index contributed by atoms with van der Waals surface area (Å²) in [5.74, 6) is -0.599. The van der Waals surface area contributed by atoms with Crippen molar-refractivity contribution in [3.05, 3.63) is 0 Å². The van der Waals surface area contributed by atoms with Crippen LogP contribution in [0.3, 0.4) is 0 Å². The molecule has 0 fully saturated rings. The third-order valence-electron chi connectivity index (χ3n) is 2.11. The number of ether oxygens (including phenoxy) is 1. The fourth-order valence-electron chi connectivity index (χ4n) is 1.14. The molecule has 0 aliphatic rings. The van der Waals surface area contributed by atoms with Crippen LogP contribution in [-0.2, 0) is 14.3 Å². The van der Waals surface area contributed by atoms with Gasteiger partial charge >= 0.3 is 75.5 Å². The van der Waals surface area contributed by atoms with Crippen LogP contribution < -0.4 is 0 Å². The van der Waals surface area contributed by atoms with Gasteiger partial charge in [-0.15, -0.1) is 0 Å². The molecular formula is C14H28O3Sn. The van der Waals surface area contributed by atoms with Crippen LogP contribution in [0.5, 0.6) is 0 Å². The molecule has 106 valence electrons. The van der Waals surface area contributed by atoms with Crippen LogP contribution in [0.2, 0.25) is 8.87 Å². The average molecular weight is 363 g/mol. The second-order valence-corrected chi connectivity index (χ2v) is 8.42. The number of carbonyl (C=O) groups is 2. The summed E-state index contributed by atoms with van der Waals surface area (Å²) in [5, 5.41) is 0. The van der Waals surface area contributed by atoms with E-state index in [-0.39, 0.29) is 33.3 Å². The first kappa shape index (κ1) is 20.3. The second kappa shape index (κ2) is 16.9. The monoisotopic (exact) mass is 364 g/mol. The minimum absolute atomic E-state index is 0.103. The van der Waals surface area contributed by atoms with Crippen LogP contribution >= 0.6 is 0 Å². The molecule has 0 amide bonds. The molecule has 0 N–H and O–H groups in total. The van der Waals surface area contributed by atoms with E-state index >= 15 is 0 Å². The minimum Gasteiger partial charge on any atom is -0.466 e. The van der Waals surface area contributed by atoms with Gasteiger partial charge in [-0.2, -0.15) is 0 Å². The molecule has 0 aromatic heterocycles. The summed E-state index contributed by atoms with van der Waals surface area (Å²) in [5.41, 5.74) is 0. The van der Waals surface area contributed by atoms with Crippen molar-refractivity contribution >= 4 is 32.9 Å². The van der Waals surface area contributed by atoms with Crippen molar-refractivity contribution < 1.29 is 14.3 Å². The predicted octanol–water partition coefficient (Wildman–Crippen LogP) is 3.66. The first-order valence-corrected chi connectivity index (χ1v) is 11.0. The van der Waals surface area contributed by atoms with Crippen molar-refractivity contribution in [1.82, 2.24) is 0 Å². The van der Waals surface area contributed by atoms with Crippen molar-refractivity contribution in [3.63, 3.8) is 0 Å². The molecular weight excluding hydrogens is 335 g/mol. The molecule has 0 aromatic rings. The SMILES string of the molecule is CCC[CH2][Sn][CH2]CCC.CCOC(=O)CC(C)=O. The maximum absolute atomic E-state index is 10.4. The van der Waals surface area contributed by atoms with Crippen LogP contribution in [0.4, 0.5) is 0 Å². The van der Waals surface area contributed by atoms with Gasteiger partial charge in [0.25, 0.3) is 0 Å². The molecule has 0 saturated carbocycles. The molecule has 3 nitrogen and oxygen atoms in total. The van der Waals surface area contributed by atoms with Gasteiger partial charge in [0.2, 0.25) is 0 Å².